The fraction of sp³-hybridized carbons (Fsp3) is 0.741. The van der Waals surface area contributed by atoms with Crippen LogP contribution in [0, 0.1) is 28.6 Å². The summed E-state index contributed by atoms with van der Waals surface area (Å²) < 4.78 is 46.7. The zero-order valence-corrected chi connectivity index (χ0v) is 66.9. The Morgan fingerprint density at radius 2 is 1.25 bits per heavy atom. The highest BCUT2D eigenvalue weighted by Crippen LogP contribution is 2.60. The molecule has 0 radical (unpaired) electrons. The highest BCUT2D eigenvalue weighted by Gasteiger charge is 2.59. The van der Waals surface area contributed by atoms with Crippen LogP contribution in [0.4, 0.5) is 11.4 Å². The van der Waals surface area contributed by atoms with E-state index in [4.69, 9.17) is 43.6 Å². The number of benzene rings is 2. The third kappa shape index (κ3) is 20.6. The number of anilines is 2. The quantitative estimate of drug-likeness (QED) is 0.0226. The monoisotopic (exact) mass is 1590 g/mol. The number of nitrogens with one attached hydrogen (secondary N) is 6. The summed E-state index contributed by atoms with van der Waals surface area (Å²) in [6.07, 6.45) is -5.55. The van der Waals surface area contributed by atoms with Crippen molar-refractivity contribution in [2.24, 2.45) is 28.6 Å². The molecule has 630 valence electrons. The Hall–Kier alpha value is -6.73. The van der Waals surface area contributed by atoms with E-state index in [9.17, 15) is 69.3 Å². The zero-order chi connectivity index (χ0) is 81.5. The number of hydrogen-bond acceptors (Lipinski definition) is 25. The first kappa shape index (κ1) is 88.6. The molecule has 113 heavy (non-hydrogen) atoms. The number of ether oxygens (including phenoxy) is 8. The number of amides is 7. The fourth-order valence-corrected chi connectivity index (χ4v) is 18.7. The lowest BCUT2D eigenvalue weighted by molar-refractivity contribution is -0.347. The van der Waals surface area contributed by atoms with Gasteiger partial charge in [0.2, 0.25) is 41.4 Å². The van der Waals surface area contributed by atoms with Crippen LogP contribution in [-0.2, 0) is 102 Å². The third-order valence-corrected chi connectivity index (χ3v) is 25.1. The summed E-state index contributed by atoms with van der Waals surface area (Å²) in [5, 5.41) is 100. The number of nitrogens with zero attached hydrogens (tertiary/aromatic N) is 3. The molecule has 2 aliphatic heterocycles. The summed E-state index contributed by atoms with van der Waals surface area (Å²) >= 11 is 0. The Morgan fingerprint density at radius 1 is 0.628 bits per heavy atom. The van der Waals surface area contributed by atoms with E-state index >= 15 is 0 Å². The van der Waals surface area contributed by atoms with E-state index in [1.165, 1.54) is 15.8 Å². The summed E-state index contributed by atoms with van der Waals surface area (Å²) in [5.41, 5.74) is 10.7. The van der Waals surface area contributed by atoms with Gasteiger partial charge in [-0.3, -0.25) is 38.9 Å². The van der Waals surface area contributed by atoms with Gasteiger partial charge in [-0.25, -0.2) is 4.68 Å². The van der Waals surface area contributed by atoms with Crippen molar-refractivity contribution in [2.75, 3.05) is 90.3 Å². The fourth-order valence-electron chi connectivity index (χ4n) is 18.7. The van der Waals surface area contributed by atoms with Crippen LogP contribution >= 0.6 is 0 Å². The van der Waals surface area contributed by atoms with Crippen molar-refractivity contribution in [1.29, 1.82) is 0 Å². The molecule has 1 aromatic heterocycles. The van der Waals surface area contributed by atoms with Crippen LogP contribution in [0.1, 0.15) is 204 Å². The van der Waals surface area contributed by atoms with Gasteiger partial charge in [0.25, 0.3) is 0 Å². The molecule has 3 heterocycles. The van der Waals surface area contributed by atoms with Crippen LogP contribution in [0.2, 0.25) is 0 Å². The van der Waals surface area contributed by atoms with Gasteiger partial charge in [-0.2, -0.15) is 0 Å². The number of rotatable bonds is 36. The van der Waals surface area contributed by atoms with Crippen LogP contribution in [0.5, 0.6) is 0 Å². The first-order valence-electron chi connectivity index (χ1n) is 40.8. The Kier molecular flexibility index (Phi) is 31.3. The third-order valence-electron chi connectivity index (χ3n) is 25.1. The average molecular weight is 1590 g/mol. The van der Waals surface area contributed by atoms with Gasteiger partial charge in [0.1, 0.15) is 85.4 Å². The molecule has 1 unspecified atom stereocenters. The smallest absolute Gasteiger partial charge is 0.246 e. The number of hydrogen-bond donors (Lipinski definition) is 14. The Bertz CT molecular complexity index is 3720. The second-order valence-electron chi connectivity index (χ2n) is 33.1. The van der Waals surface area contributed by atoms with E-state index in [0.717, 1.165) is 62.5 Å². The summed E-state index contributed by atoms with van der Waals surface area (Å²) in [6, 6.07) is 8.60. The first-order valence-corrected chi connectivity index (χ1v) is 40.8. The molecule has 4 fully saturated rings. The van der Waals surface area contributed by atoms with Crippen LogP contribution in [0.25, 0.3) is 0 Å². The molecule has 5 aliphatic carbocycles. The molecule has 0 bridgehead atoms. The van der Waals surface area contributed by atoms with E-state index in [-0.39, 0.29) is 68.3 Å². The molecule has 2 saturated heterocycles. The summed E-state index contributed by atoms with van der Waals surface area (Å²) in [7, 11) is 0. The van der Waals surface area contributed by atoms with Crippen molar-refractivity contribution < 1.29 is 107 Å². The molecular formula is C81H124N10O22. The predicted octanol–water partition coefficient (Wildman–Crippen LogP) is 2.73. The van der Waals surface area contributed by atoms with Crippen LogP contribution in [0.3, 0.4) is 0 Å². The van der Waals surface area contributed by atoms with Gasteiger partial charge in [0.15, 0.2) is 12.5 Å². The van der Waals surface area contributed by atoms with E-state index in [0.29, 0.717) is 114 Å². The van der Waals surface area contributed by atoms with E-state index in [1.54, 1.807) is 20.8 Å². The van der Waals surface area contributed by atoms with Gasteiger partial charge in [0.05, 0.1) is 76.0 Å². The molecule has 32 nitrogen and oxygen atoms in total. The van der Waals surface area contributed by atoms with Crippen molar-refractivity contribution in [2.45, 2.75) is 274 Å². The average Bonchev–Trinajstić information content (AvgIpc) is 1.16. The molecule has 7 amide bonds. The minimum atomic E-state index is -1.84. The molecule has 10 rings (SSSR count). The highest BCUT2D eigenvalue weighted by atomic mass is 16.7. The Balaban J connectivity index is 0.724. The van der Waals surface area contributed by atoms with Gasteiger partial charge < -0.3 is 106 Å². The second kappa shape index (κ2) is 39.9. The maximum atomic E-state index is 14.9. The number of imide groups is 1. The lowest BCUT2D eigenvalue weighted by Gasteiger charge is -2.56. The van der Waals surface area contributed by atoms with E-state index in [2.05, 4.69) is 68.2 Å². The van der Waals surface area contributed by atoms with E-state index < -0.39 is 157 Å². The number of nitrogen functional groups attached to an aromatic ring is 1. The minimum absolute atomic E-state index is 0.0174. The van der Waals surface area contributed by atoms with Gasteiger partial charge >= 0.3 is 0 Å². The number of aryl methyl sites for hydroxylation is 2. The van der Waals surface area contributed by atoms with Crippen molar-refractivity contribution in [3.05, 3.63) is 70.0 Å². The maximum absolute atomic E-state index is 14.9. The number of fused-ring (bicyclic) bond motifs is 7. The van der Waals surface area contributed by atoms with Crippen molar-refractivity contribution in [3.8, 4) is 0 Å². The van der Waals surface area contributed by atoms with Crippen LogP contribution in [0.15, 0.2) is 36.4 Å². The highest BCUT2D eigenvalue weighted by molar-refractivity contribution is 6.01. The largest absolute Gasteiger partial charge is 0.399 e. The minimum Gasteiger partial charge on any atom is -0.399 e. The second-order valence-corrected chi connectivity index (χ2v) is 33.1. The number of carbonyl (C=O) groups is 7. The Morgan fingerprint density at radius 3 is 1.88 bits per heavy atom. The molecular weight excluding hydrogens is 1460 g/mol. The number of carbonyl (C=O) groups excluding carboxylic acids is 7. The predicted molar refractivity (Wildman–Crippen MR) is 411 cm³/mol. The van der Waals surface area contributed by atoms with Gasteiger partial charge in [0, 0.05) is 30.9 Å². The number of aliphatic hydroxyl groups excluding tert-OH is 7. The molecule has 32 heteroatoms. The molecule has 20 atom stereocenters. The SMILES string of the molecule is CCOCCOCCOCCOCCC(=O)N[C@H](CCCCNC(=O)COC1CCCCCc2c1nnn2[C@H]1O[C@H](CO)[C@@H](O[C@H]2O[C@H](CO)[C@@H](O)[C@H](O)[C@H]2O)[C@H](O)[C@H]1O)C(=O)N[C@H](C(=O)N[C@@H](C)C(=O)Nc1ccc2c(c1)[C@@]1(C)CCC[C@](C)(C(=O)NC(=O)[C@@]3(C)CCC[C@]4(C)c5cc(N)ccc5CC[C@@H]34)[C@@H]1CC2)C(C)C. The van der Waals surface area contributed by atoms with Crippen LogP contribution in [-0.4, -0.2) is 245 Å². The zero-order valence-electron chi connectivity index (χ0n) is 66.9. The van der Waals surface area contributed by atoms with Crippen molar-refractivity contribution in [3.63, 3.8) is 0 Å². The molecule has 15 N–H and O–H groups in total. The molecule has 2 saturated carbocycles. The first-order chi connectivity index (χ1) is 54.0. The lowest BCUT2D eigenvalue weighted by atomic mass is 9.49. The summed E-state index contributed by atoms with van der Waals surface area (Å²) in [5.74, 6) is -3.78. The molecule has 0 spiro atoms. The Labute approximate surface area is 661 Å². The molecule has 7 aliphatic rings. The number of unbranched alkanes of at least 4 members (excludes halogenated alkanes) is 1. The van der Waals surface area contributed by atoms with Gasteiger partial charge in [-0.05, 0) is 179 Å². The molecule has 2 aromatic carbocycles. The van der Waals surface area contributed by atoms with Crippen LogP contribution < -0.4 is 37.6 Å². The molecule has 3 aromatic rings. The normalized spacial score (nSPS) is 30.9. The number of aromatic nitrogens is 3. The summed E-state index contributed by atoms with van der Waals surface area (Å²) in [6.45, 7) is 16.4. The van der Waals surface area contributed by atoms with Gasteiger partial charge in [-0.1, -0.05) is 84.6 Å². The van der Waals surface area contributed by atoms with Gasteiger partial charge in [-0.15, -0.1) is 5.10 Å². The lowest BCUT2D eigenvalue weighted by Crippen LogP contribution is -2.63. The van der Waals surface area contributed by atoms with E-state index in [1.807, 2.05) is 45.0 Å². The number of nitrogens with two attached hydrogens (primary N) is 1. The number of aliphatic hydroxyl groups is 7. The summed E-state index contributed by atoms with van der Waals surface area (Å²) in [4.78, 5) is 99.7. The topological polar surface area (TPSA) is 464 Å². The standard InChI is InChI=1S/C81H124N10O22/c1-9-106-35-36-108-39-40-109-38-37-107-34-28-61(94)86-54(17-13-14-33-83-62(95)45-110-56-19-12-10-11-18-55-64(56)89-90-91(55)74-68(99)67(98)70(58(44-93)111-74)113-75-69(100)66(97)65(96)57(43-92)112-75)72(102)87-63(46(2)3)73(103)84-47(4)71(101)85-51-25-21-49-23-27-60-79(6,53(49)42-51)30-16-32-81(60,8)77(105)88-76(104)80(7)31-15-29-78(5)52-41-50(82)24-20-48(52)22-26-59(78)80/h20-21,24-25,41-42,46-47,54,56-60,63,65-70,74-75,92-93,96-100H,9-19,22-23,26-40,43-45,82H2,1-8H3,(H,83,95)(H,84,103)(H,85,101)(H,86,94)(H,87,102)(H,88,104,105)/t47-,54+,56?,57+,58+,59+,60+,63-,65+,66-,67+,68+,69+,70+,74-,75+,78+,79+,80-,81-/m0/s1. The van der Waals surface area contributed by atoms with Crippen molar-refractivity contribution >= 4 is 52.7 Å². The maximum Gasteiger partial charge on any atom is 0.246 e. The van der Waals surface area contributed by atoms with Crippen molar-refractivity contribution in [1.82, 2.24) is 41.6 Å².